The minimum atomic E-state index is -0.730. The second-order valence-electron chi connectivity index (χ2n) is 6.19. The number of carbonyl (C=O) groups is 1. The maximum Gasteiger partial charge on any atom is 0.303 e. The molecule has 4 heteroatoms. The number of aliphatic hydroxyl groups excluding tert-OH is 2. The van der Waals surface area contributed by atoms with E-state index in [0.29, 0.717) is 12.8 Å². The molecular formula is C19H34O4. The van der Waals surface area contributed by atoms with E-state index in [9.17, 15) is 15.0 Å². The highest BCUT2D eigenvalue weighted by Gasteiger charge is 2.10. The number of hydrogen-bond donors (Lipinski definition) is 3. The van der Waals surface area contributed by atoms with Crippen LogP contribution in [0.25, 0.3) is 0 Å². The molecule has 0 aliphatic heterocycles. The van der Waals surface area contributed by atoms with E-state index < -0.39 is 18.2 Å². The van der Waals surface area contributed by atoms with Gasteiger partial charge in [0.25, 0.3) is 0 Å². The quantitative estimate of drug-likeness (QED) is 0.332. The van der Waals surface area contributed by atoms with Crippen molar-refractivity contribution in [2.45, 2.75) is 83.8 Å². The summed E-state index contributed by atoms with van der Waals surface area (Å²) in [5, 5.41) is 28.4. The summed E-state index contributed by atoms with van der Waals surface area (Å²) >= 11 is 0. The standard InChI is InChI=1S/C19H34O4/c1-3-4-8-12-18(21)16(2)14-15-17(20)11-9-6-5-7-10-13-19(22)23/h4,8,14-18,20-21H,3,5-7,9-13H2,1-2H3,(H,22,23)/b8-4-,15-14+/t16-,17-,18-/m0/s1. The highest BCUT2D eigenvalue weighted by atomic mass is 16.4. The largest absolute Gasteiger partial charge is 0.481 e. The molecule has 0 unspecified atom stereocenters. The Morgan fingerprint density at radius 3 is 2.30 bits per heavy atom. The first-order valence-electron chi connectivity index (χ1n) is 8.88. The summed E-state index contributed by atoms with van der Waals surface area (Å²) in [6, 6.07) is 0. The van der Waals surface area contributed by atoms with E-state index in [2.05, 4.69) is 6.92 Å². The summed E-state index contributed by atoms with van der Waals surface area (Å²) in [4.78, 5) is 10.4. The molecule has 0 saturated carbocycles. The molecule has 0 radical (unpaired) electrons. The van der Waals surface area contributed by atoms with Crippen molar-refractivity contribution in [1.29, 1.82) is 0 Å². The van der Waals surface area contributed by atoms with Crippen molar-refractivity contribution in [3.8, 4) is 0 Å². The monoisotopic (exact) mass is 326 g/mol. The minimum Gasteiger partial charge on any atom is -0.481 e. The van der Waals surface area contributed by atoms with Crippen LogP contribution in [0.4, 0.5) is 0 Å². The van der Waals surface area contributed by atoms with Crippen LogP contribution in [-0.2, 0) is 4.79 Å². The fourth-order valence-electron chi connectivity index (χ4n) is 2.31. The number of rotatable bonds is 14. The summed E-state index contributed by atoms with van der Waals surface area (Å²) in [6.07, 6.45) is 14.1. The van der Waals surface area contributed by atoms with Crippen molar-refractivity contribution in [1.82, 2.24) is 0 Å². The molecule has 0 aromatic carbocycles. The van der Waals surface area contributed by atoms with Gasteiger partial charge in [0.05, 0.1) is 12.2 Å². The second-order valence-corrected chi connectivity index (χ2v) is 6.19. The first-order chi connectivity index (χ1) is 11.0. The van der Waals surface area contributed by atoms with Crippen LogP contribution in [0.1, 0.15) is 71.6 Å². The number of hydrogen-bond acceptors (Lipinski definition) is 3. The van der Waals surface area contributed by atoms with Gasteiger partial charge < -0.3 is 15.3 Å². The first-order valence-corrected chi connectivity index (χ1v) is 8.88. The van der Waals surface area contributed by atoms with Gasteiger partial charge in [0, 0.05) is 12.3 Å². The lowest BCUT2D eigenvalue weighted by Gasteiger charge is -2.14. The van der Waals surface area contributed by atoms with E-state index in [1.54, 1.807) is 6.08 Å². The van der Waals surface area contributed by atoms with Crippen LogP contribution in [0, 0.1) is 5.92 Å². The van der Waals surface area contributed by atoms with E-state index >= 15 is 0 Å². The van der Waals surface area contributed by atoms with E-state index in [-0.39, 0.29) is 12.3 Å². The number of aliphatic carboxylic acids is 1. The maximum absolute atomic E-state index is 10.4. The number of carboxylic acid groups (broad SMARTS) is 1. The predicted molar refractivity (Wildman–Crippen MR) is 94.3 cm³/mol. The highest BCUT2D eigenvalue weighted by molar-refractivity contribution is 5.66. The molecule has 0 saturated heterocycles. The zero-order valence-corrected chi connectivity index (χ0v) is 14.7. The van der Waals surface area contributed by atoms with Gasteiger partial charge in [-0.2, -0.15) is 0 Å². The molecule has 0 spiro atoms. The van der Waals surface area contributed by atoms with Crippen molar-refractivity contribution >= 4 is 5.97 Å². The molecule has 0 aromatic heterocycles. The Balaban J connectivity index is 3.72. The van der Waals surface area contributed by atoms with Crippen LogP contribution >= 0.6 is 0 Å². The van der Waals surface area contributed by atoms with Gasteiger partial charge >= 0.3 is 5.97 Å². The number of aliphatic hydroxyl groups is 2. The van der Waals surface area contributed by atoms with Crippen LogP contribution in [0.3, 0.4) is 0 Å². The zero-order valence-electron chi connectivity index (χ0n) is 14.7. The van der Waals surface area contributed by atoms with E-state index in [4.69, 9.17) is 5.11 Å². The van der Waals surface area contributed by atoms with Gasteiger partial charge in [0.1, 0.15) is 0 Å². The lowest BCUT2D eigenvalue weighted by atomic mass is 9.99. The smallest absolute Gasteiger partial charge is 0.303 e. The molecule has 0 bridgehead atoms. The highest BCUT2D eigenvalue weighted by Crippen LogP contribution is 2.13. The Morgan fingerprint density at radius 1 is 1.00 bits per heavy atom. The summed E-state index contributed by atoms with van der Waals surface area (Å²) < 4.78 is 0. The Kier molecular flexibility index (Phi) is 13.8. The van der Waals surface area contributed by atoms with Gasteiger partial charge in [-0.1, -0.05) is 63.8 Å². The molecule has 3 atom stereocenters. The Hall–Kier alpha value is -1.13. The van der Waals surface area contributed by atoms with Gasteiger partial charge in [-0.05, 0) is 25.7 Å². The first kappa shape index (κ1) is 21.9. The van der Waals surface area contributed by atoms with Gasteiger partial charge in [-0.15, -0.1) is 0 Å². The molecule has 0 amide bonds. The predicted octanol–water partition coefficient (Wildman–Crippen LogP) is 4.07. The molecule has 0 aromatic rings. The van der Waals surface area contributed by atoms with Crippen molar-refractivity contribution in [2.75, 3.05) is 0 Å². The number of unbranched alkanes of at least 4 members (excludes halogenated alkanes) is 4. The second kappa shape index (κ2) is 14.5. The van der Waals surface area contributed by atoms with E-state index in [0.717, 1.165) is 38.5 Å². The molecule has 0 heterocycles. The lowest BCUT2D eigenvalue weighted by molar-refractivity contribution is -0.137. The molecule has 3 N–H and O–H groups in total. The molecule has 0 aliphatic carbocycles. The fourth-order valence-corrected chi connectivity index (χ4v) is 2.31. The Bertz CT molecular complexity index is 349. The number of carboxylic acids is 1. The molecule has 134 valence electrons. The normalized spacial score (nSPS) is 16.0. The molecule has 23 heavy (non-hydrogen) atoms. The molecule has 4 nitrogen and oxygen atoms in total. The lowest BCUT2D eigenvalue weighted by Crippen LogP contribution is -2.15. The SMILES string of the molecule is CC/C=C\C[C@H](O)[C@@H](C)/C=C/[C@@H](O)CCCCCCCC(=O)O. The van der Waals surface area contributed by atoms with Crippen molar-refractivity contribution in [2.24, 2.45) is 5.92 Å². The van der Waals surface area contributed by atoms with E-state index in [1.807, 2.05) is 25.2 Å². The number of allylic oxidation sites excluding steroid dienone is 1. The summed E-state index contributed by atoms with van der Waals surface area (Å²) in [5.74, 6) is -0.700. The van der Waals surface area contributed by atoms with Crippen LogP contribution in [-0.4, -0.2) is 33.5 Å². The Morgan fingerprint density at radius 2 is 1.65 bits per heavy atom. The van der Waals surface area contributed by atoms with Gasteiger partial charge in [0.15, 0.2) is 0 Å². The summed E-state index contributed by atoms with van der Waals surface area (Å²) in [7, 11) is 0. The zero-order chi connectivity index (χ0) is 17.5. The Labute approximate surface area is 140 Å². The van der Waals surface area contributed by atoms with Crippen molar-refractivity contribution in [3.63, 3.8) is 0 Å². The van der Waals surface area contributed by atoms with Gasteiger partial charge in [0.2, 0.25) is 0 Å². The summed E-state index contributed by atoms with van der Waals surface area (Å²) in [6.45, 7) is 4.02. The molecule has 0 rings (SSSR count). The van der Waals surface area contributed by atoms with Gasteiger partial charge in [-0.25, -0.2) is 0 Å². The van der Waals surface area contributed by atoms with E-state index in [1.165, 1.54) is 0 Å². The average molecular weight is 326 g/mol. The average Bonchev–Trinajstić information content (AvgIpc) is 2.51. The maximum atomic E-state index is 10.4. The minimum absolute atomic E-state index is 0.0298. The fraction of sp³-hybridized carbons (Fsp3) is 0.737. The topological polar surface area (TPSA) is 77.8 Å². The molecular weight excluding hydrogens is 292 g/mol. The van der Waals surface area contributed by atoms with Gasteiger partial charge in [-0.3, -0.25) is 4.79 Å². The van der Waals surface area contributed by atoms with Crippen LogP contribution in [0.15, 0.2) is 24.3 Å². The van der Waals surface area contributed by atoms with Crippen molar-refractivity contribution < 1.29 is 20.1 Å². The molecule has 0 fully saturated rings. The summed E-state index contributed by atoms with van der Waals surface area (Å²) in [5.41, 5.74) is 0. The van der Waals surface area contributed by atoms with Crippen LogP contribution in [0.2, 0.25) is 0 Å². The van der Waals surface area contributed by atoms with Crippen LogP contribution in [0.5, 0.6) is 0 Å². The third kappa shape index (κ3) is 14.2. The van der Waals surface area contributed by atoms with Crippen molar-refractivity contribution in [3.05, 3.63) is 24.3 Å². The van der Waals surface area contributed by atoms with Crippen LogP contribution < -0.4 is 0 Å². The molecule has 0 aliphatic rings. The third-order valence-corrected chi connectivity index (χ3v) is 3.91. The third-order valence-electron chi connectivity index (χ3n) is 3.91.